The first-order chi connectivity index (χ1) is 8.11. The fraction of sp³-hybridized carbons (Fsp3) is 0.538. The van der Waals surface area contributed by atoms with Gasteiger partial charge < -0.3 is 15.6 Å². The monoisotopic (exact) mass is 277 g/mol. The molecule has 1 aromatic rings. The Labute approximate surface area is 114 Å². The molecule has 5 heteroatoms. The summed E-state index contributed by atoms with van der Waals surface area (Å²) >= 11 is 0. The van der Waals surface area contributed by atoms with Gasteiger partial charge in [-0.1, -0.05) is 31.9 Å². The summed E-state index contributed by atoms with van der Waals surface area (Å²) in [4.78, 5) is 0. The molecular formula is C13H21ClFNO2. The Bertz CT molecular complexity index is 363. The Morgan fingerprint density at radius 1 is 1.44 bits per heavy atom. The molecule has 0 saturated carbocycles. The number of methoxy groups -OCH3 is 1. The Balaban J connectivity index is 0.00000289. The summed E-state index contributed by atoms with van der Waals surface area (Å²) < 4.78 is 18.4. The largest absolute Gasteiger partial charge is 0.493 e. The highest BCUT2D eigenvalue weighted by Crippen LogP contribution is 2.29. The van der Waals surface area contributed by atoms with Gasteiger partial charge in [0.1, 0.15) is 0 Å². The summed E-state index contributed by atoms with van der Waals surface area (Å²) in [5, 5.41) is 9.91. The van der Waals surface area contributed by atoms with Gasteiger partial charge in [-0.05, 0) is 12.5 Å². The molecule has 104 valence electrons. The molecule has 0 unspecified atom stereocenters. The highest BCUT2D eigenvalue weighted by Gasteiger charge is 2.21. The van der Waals surface area contributed by atoms with Crippen LogP contribution in [0.1, 0.15) is 37.8 Å². The van der Waals surface area contributed by atoms with Crippen molar-refractivity contribution in [2.75, 3.05) is 7.11 Å². The van der Waals surface area contributed by atoms with Crippen molar-refractivity contribution >= 4 is 12.4 Å². The van der Waals surface area contributed by atoms with Crippen LogP contribution in [0.3, 0.4) is 0 Å². The van der Waals surface area contributed by atoms with Crippen LogP contribution in [-0.2, 0) is 0 Å². The Kier molecular flexibility index (Phi) is 7.91. The van der Waals surface area contributed by atoms with Crippen molar-refractivity contribution in [3.8, 4) is 5.75 Å². The van der Waals surface area contributed by atoms with Crippen LogP contribution in [0.15, 0.2) is 18.2 Å². The predicted octanol–water partition coefficient (Wildman–Crippen LogP) is 2.81. The number of ether oxygens (including phenoxy) is 1. The Morgan fingerprint density at radius 3 is 2.67 bits per heavy atom. The molecule has 0 radical (unpaired) electrons. The standard InChI is InChI=1S/C13H20FNO2.ClH/c1-3-4-8-11(16)12(15)9-6-5-7-10(14)13(9)17-2;/h5-7,11-12,16H,3-4,8,15H2,1-2H3;1H/t11-,12+;/m1./s1. The molecule has 18 heavy (non-hydrogen) atoms. The van der Waals surface area contributed by atoms with Crippen LogP contribution < -0.4 is 10.5 Å². The van der Waals surface area contributed by atoms with E-state index in [1.54, 1.807) is 12.1 Å². The minimum absolute atomic E-state index is 0. The number of para-hydroxylation sites is 1. The second-order valence-corrected chi connectivity index (χ2v) is 4.10. The zero-order valence-corrected chi connectivity index (χ0v) is 11.5. The quantitative estimate of drug-likeness (QED) is 0.841. The van der Waals surface area contributed by atoms with E-state index < -0.39 is 18.0 Å². The maximum atomic E-state index is 13.5. The molecule has 0 aliphatic heterocycles. The van der Waals surface area contributed by atoms with E-state index in [2.05, 4.69) is 0 Å². The van der Waals surface area contributed by atoms with Gasteiger partial charge in [-0.15, -0.1) is 12.4 Å². The fourth-order valence-corrected chi connectivity index (χ4v) is 1.80. The summed E-state index contributed by atoms with van der Waals surface area (Å²) in [7, 11) is 1.40. The number of rotatable bonds is 6. The van der Waals surface area contributed by atoms with Crippen LogP contribution in [0.4, 0.5) is 4.39 Å². The third-order valence-electron chi connectivity index (χ3n) is 2.83. The molecular weight excluding hydrogens is 257 g/mol. The molecule has 0 spiro atoms. The molecule has 0 saturated heterocycles. The van der Waals surface area contributed by atoms with Crippen molar-refractivity contribution in [3.05, 3.63) is 29.6 Å². The molecule has 0 heterocycles. The average molecular weight is 278 g/mol. The van der Waals surface area contributed by atoms with E-state index in [9.17, 15) is 9.50 Å². The molecule has 3 N–H and O–H groups in total. The summed E-state index contributed by atoms with van der Waals surface area (Å²) in [6.07, 6.45) is 1.82. The van der Waals surface area contributed by atoms with Gasteiger partial charge in [0.05, 0.1) is 19.3 Å². The van der Waals surface area contributed by atoms with E-state index in [4.69, 9.17) is 10.5 Å². The second kappa shape index (κ2) is 8.29. The minimum Gasteiger partial charge on any atom is -0.493 e. The average Bonchev–Trinajstić information content (AvgIpc) is 2.34. The number of benzene rings is 1. The highest BCUT2D eigenvalue weighted by atomic mass is 35.5. The lowest BCUT2D eigenvalue weighted by atomic mass is 9.97. The smallest absolute Gasteiger partial charge is 0.165 e. The van der Waals surface area contributed by atoms with Crippen molar-refractivity contribution in [2.24, 2.45) is 5.73 Å². The lowest BCUT2D eigenvalue weighted by Gasteiger charge is -2.21. The van der Waals surface area contributed by atoms with E-state index in [1.165, 1.54) is 13.2 Å². The predicted molar refractivity (Wildman–Crippen MR) is 72.7 cm³/mol. The zero-order valence-electron chi connectivity index (χ0n) is 10.7. The third kappa shape index (κ3) is 4.12. The Hall–Kier alpha value is -0.840. The topological polar surface area (TPSA) is 55.5 Å². The Morgan fingerprint density at radius 2 is 2.11 bits per heavy atom. The molecule has 0 bridgehead atoms. The second-order valence-electron chi connectivity index (χ2n) is 4.10. The lowest BCUT2D eigenvalue weighted by molar-refractivity contribution is 0.131. The molecule has 0 aliphatic carbocycles. The molecule has 1 aromatic carbocycles. The normalized spacial score (nSPS) is 13.6. The fourth-order valence-electron chi connectivity index (χ4n) is 1.80. The van der Waals surface area contributed by atoms with Gasteiger partial charge in [0, 0.05) is 5.56 Å². The van der Waals surface area contributed by atoms with Gasteiger partial charge >= 0.3 is 0 Å². The van der Waals surface area contributed by atoms with Crippen LogP contribution in [0.5, 0.6) is 5.75 Å². The number of halogens is 2. The van der Waals surface area contributed by atoms with Crippen LogP contribution in [0.25, 0.3) is 0 Å². The number of hydrogen-bond acceptors (Lipinski definition) is 3. The number of hydrogen-bond donors (Lipinski definition) is 2. The SMILES string of the molecule is CCCC[C@@H](O)[C@@H](N)c1cccc(F)c1OC.Cl. The molecule has 0 aromatic heterocycles. The van der Waals surface area contributed by atoms with Crippen LogP contribution in [-0.4, -0.2) is 18.3 Å². The first kappa shape index (κ1) is 17.2. The number of aliphatic hydroxyl groups is 1. The molecule has 0 aliphatic rings. The molecule has 0 amide bonds. The first-order valence-electron chi connectivity index (χ1n) is 5.87. The summed E-state index contributed by atoms with van der Waals surface area (Å²) in [6, 6.07) is 3.95. The summed E-state index contributed by atoms with van der Waals surface area (Å²) in [5.41, 5.74) is 6.44. The van der Waals surface area contributed by atoms with Crippen molar-refractivity contribution in [1.29, 1.82) is 0 Å². The van der Waals surface area contributed by atoms with E-state index in [0.717, 1.165) is 12.8 Å². The van der Waals surface area contributed by atoms with Gasteiger partial charge in [-0.25, -0.2) is 4.39 Å². The van der Waals surface area contributed by atoms with Gasteiger partial charge in [0.25, 0.3) is 0 Å². The summed E-state index contributed by atoms with van der Waals surface area (Å²) in [6.45, 7) is 2.04. The number of unbranched alkanes of at least 4 members (excludes halogenated alkanes) is 1. The number of nitrogens with two attached hydrogens (primary N) is 1. The zero-order chi connectivity index (χ0) is 12.8. The van der Waals surface area contributed by atoms with Crippen LogP contribution >= 0.6 is 12.4 Å². The van der Waals surface area contributed by atoms with E-state index in [0.29, 0.717) is 12.0 Å². The van der Waals surface area contributed by atoms with Crippen LogP contribution in [0, 0.1) is 5.82 Å². The molecule has 2 atom stereocenters. The van der Waals surface area contributed by atoms with E-state index in [-0.39, 0.29) is 18.2 Å². The van der Waals surface area contributed by atoms with Crippen molar-refractivity contribution in [3.63, 3.8) is 0 Å². The summed E-state index contributed by atoms with van der Waals surface area (Å²) in [5.74, 6) is -0.335. The maximum absolute atomic E-state index is 13.5. The van der Waals surface area contributed by atoms with Crippen molar-refractivity contribution in [2.45, 2.75) is 38.3 Å². The molecule has 0 fully saturated rings. The van der Waals surface area contributed by atoms with Gasteiger partial charge in [-0.3, -0.25) is 0 Å². The van der Waals surface area contributed by atoms with Crippen molar-refractivity contribution in [1.82, 2.24) is 0 Å². The first-order valence-corrected chi connectivity index (χ1v) is 5.87. The minimum atomic E-state index is -0.675. The van der Waals surface area contributed by atoms with Crippen molar-refractivity contribution < 1.29 is 14.2 Å². The number of aliphatic hydroxyl groups excluding tert-OH is 1. The third-order valence-corrected chi connectivity index (χ3v) is 2.83. The molecule has 1 rings (SSSR count). The van der Waals surface area contributed by atoms with Crippen LogP contribution in [0.2, 0.25) is 0 Å². The maximum Gasteiger partial charge on any atom is 0.165 e. The van der Waals surface area contributed by atoms with Gasteiger partial charge in [-0.2, -0.15) is 0 Å². The van der Waals surface area contributed by atoms with E-state index >= 15 is 0 Å². The molecule has 3 nitrogen and oxygen atoms in total. The van der Waals surface area contributed by atoms with Gasteiger partial charge in [0.15, 0.2) is 11.6 Å². The lowest BCUT2D eigenvalue weighted by Crippen LogP contribution is -2.26. The highest BCUT2D eigenvalue weighted by molar-refractivity contribution is 5.85. The van der Waals surface area contributed by atoms with E-state index in [1.807, 2.05) is 6.92 Å². The van der Waals surface area contributed by atoms with Gasteiger partial charge in [0.2, 0.25) is 0 Å².